The molecule has 2 aromatic carbocycles. The fraction of sp³-hybridized carbons (Fsp3) is 0.176. The molecule has 0 aliphatic carbocycles. The maximum absolute atomic E-state index is 12.6. The van der Waals surface area contributed by atoms with Crippen molar-refractivity contribution in [3.63, 3.8) is 0 Å². The summed E-state index contributed by atoms with van der Waals surface area (Å²) in [5.74, 6) is -1.16. The normalized spacial score (nSPS) is 10.9. The summed E-state index contributed by atoms with van der Waals surface area (Å²) in [6.07, 6.45) is -4.49. The molecule has 0 atom stereocenters. The van der Waals surface area contributed by atoms with E-state index < -0.39 is 30.2 Å². The number of benzene rings is 2. The van der Waals surface area contributed by atoms with Crippen molar-refractivity contribution in [3.8, 4) is 5.75 Å². The van der Waals surface area contributed by atoms with Crippen LogP contribution < -0.4 is 15.4 Å². The third-order valence-corrected chi connectivity index (χ3v) is 3.63. The number of hydrogen-bond acceptors (Lipinski definition) is 3. The first-order valence-corrected chi connectivity index (χ1v) is 8.15. The Morgan fingerprint density at radius 3 is 2.38 bits per heavy atom. The maximum atomic E-state index is 12.6. The Balaban J connectivity index is 1.77. The van der Waals surface area contributed by atoms with Crippen LogP contribution in [0.2, 0.25) is 0 Å². The molecule has 0 unspecified atom stereocenters. The van der Waals surface area contributed by atoms with Gasteiger partial charge in [-0.05, 0) is 42.5 Å². The van der Waals surface area contributed by atoms with E-state index in [9.17, 15) is 22.8 Å². The maximum Gasteiger partial charge on any atom is 0.416 e. The predicted molar refractivity (Wildman–Crippen MR) is 92.7 cm³/mol. The van der Waals surface area contributed by atoms with E-state index in [-0.39, 0.29) is 12.3 Å². The Morgan fingerprint density at radius 2 is 1.73 bits per heavy atom. The Bertz CT molecular complexity index is 780. The van der Waals surface area contributed by atoms with Crippen LogP contribution in [0.5, 0.6) is 5.75 Å². The standard InChI is InChI=1S/C17H14BrF3N2O3/c18-12-4-6-13(7-5-12)23-15(24)9-22-16(25)10-26-14-3-1-2-11(8-14)17(19,20)21/h1-8H,9-10H2,(H,22,25)(H,23,24). The van der Waals surface area contributed by atoms with Crippen LogP contribution in [0.15, 0.2) is 53.0 Å². The van der Waals surface area contributed by atoms with Crippen LogP contribution in [0.4, 0.5) is 18.9 Å². The monoisotopic (exact) mass is 430 g/mol. The number of halogens is 4. The van der Waals surface area contributed by atoms with Crippen LogP contribution in [0.1, 0.15) is 5.56 Å². The molecule has 5 nitrogen and oxygen atoms in total. The number of anilines is 1. The average molecular weight is 431 g/mol. The second-order valence-corrected chi connectivity index (χ2v) is 6.06. The van der Waals surface area contributed by atoms with Crippen molar-refractivity contribution >= 4 is 33.4 Å². The van der Waals surface area contributed by atoms with Gasteiger partial charge in [0.05, 0.1) is 12.1 Å². The number of carbonyl (C=O) groups excluding carboxylic acids is 2. The highest BCUT2D eigenvalue weighted by Crippen LogP contribution is 2.31. The number of amides is 2. The molecule has 2 N–H and O–H groups in total. The van der Waals surface area contributed by atoms with Gasteiger partial charge >= 0.3 is 6.18 Å². The summed E-state index contributed by atoms with van der Waals surface area (Å²) in [6.45, 7) is -0.798. The number of alkyl halides is 3. The molecule has 0 aliphatic heterocycles. The quantitative estimate of drug-likeness (QED) is 0.735. The molecule has 2 aromatic rings. The number of nitrogens with one attached hydrogen (secondary N) is 2. The molecule has 138 valence electrons. The smallest absolute Gasteiger partial charge is 0.416 e. The lowest BCUT2D eigenvalue weighted by Gasteiger charge is -2.10. The molecular formula is C17H14BrF3N2O3. The SMILES string of the molecule is O=C(COc1cccc(C(F)(F)F)c1)NCC(=O)Nc1ccc(Br)cc1. The highest BCUT2D eigenvalue weighted by Gasteiger charge is 2.30. The van der Waals surface area contributed by atoms with E-state index in [2.05, 4.69) is 26.6 Å². The summed E-state index contributed by atoms with van der Waals surface area (Å²) >= 11 is 3.27. The lowest BCUT2D eigenvalue weighted by atomic mass is 10.2. The lowest BCUT2D eigenvalue weighted by Crippen LogP contribution is -2.35. The minimum atomic E-state index is -4.49. The van der Waals surface area contributed by atoms with Gasteiger partial charge < -0.3 is 15.4 Å². The van der Waals surface area contributed by atoms with E-state index >= 15 is 0 Å². The van der Waals surface area contributed by atoms with E-state index in [1.54, 1.807) is 24.3 Å². The zero-order valence-electron chi connectivity index (χ0n) is 13.3. The van der Waals surface area contributed by atoms with E-state index in [1.807, 2.05) is 0 Å². The Kier molecular flexibility index (Phi) is 6.62. The average Bonchev–Trinajstić information content (AvgIpc) is 2.60. The van der Waals surface area contributed by atoms with Crippen LogP contribution in [-0.2, 0) is 15.8 Å². The summed E-state index contributed by atoms with van der Waals surface area (Å²) in [7, 11) is 0. The highest BCUT2D eigenvalue weighted by molar-refractivity contribution is 9.10. The van der Waals surface area contributed by atoms with Crippen LogP contribution in [0, 0.1) is 0 Å². The van der Waals surface area contributed by atoms with Crippen molar-refractivity contribution in [2.45, 2.75) is 6.18 Å². The highest BCUT2D eigenvalue weighted by atomic mass is 79.9. The van der Waals surface area contributed by atoms with Crippen LogP contribution >= 0.6 is 15.9 Å². The van der Waals surface area contributed by atoms with Crippen LogP contribution in [0.25, 0.3) is 0 Å². The molecule has 0 bridgehead atoms. The largest absolute Gasteiger partial charge is 0.484 e. The summed E-state index contributed by atoms with van der Waals surface area (Å²) in [5, 5.41) is 4.90. The summed E-state index contributed by atoms with van der Waals surface area (Å²) in [6, 6.07) is 11.0. The van der Waals surface area contributed by atoms with Crippen molar-refractivity contribution in [2.24, 2.45) is 0 Å². The van der Waals surface area contributed by atoms with Gasteiger partial charge in [-0.25, -0.2) is 0 Å². The van der Waals surface area contributed by atoms with Crippen molar-refractivity contribution < 1.29 is 27.5 Å². The minimum absolute atomic E-state index is 0.0886. The summed E-state index contributed by atoms with van der Waals surface area (Å²) in [5.41, 5.74) is -0.308. The van der Waals surface area contributed by atoms with Crippen LogP contribution in [-0.4, -0.2) is 25.0 Å². The molecule has 0 saturated heterocycles. The van der Waals surface area contributed by atoms with Gasteiger partial charge in [0.2, 0.25) is 5.91 Å². The second-order valence-electron chi connectivity index (χ2n) is 5.15. The molecule has 0 radical (unpaired) electrons. The van der Waals surface area contributed by atoms with Crippen molar-refractivity contribution in [1.29, 1.82) is 0 Å². The predicted octanol–water partition coefficient (Wildman–Crippen LogP) is 3.60. The first kappa shape index (κ1) is 19.8. The molecule has 9 heteroatoms. The molecule has 0 fully saturated rings. The van der Waals surface area contributed by atoms with Gasteiger partial charge in [0, 0.05) is 10.2 Å². The van der Waals surface area contributed by atoms with Gasteiger partial charge in [0.1, 0.15) is 5.75 Å². The summed E-state index contributed by atoms with van der Waals surface area (Å²) in [4.78, 5) is 23.4. The van der Waals surface area contributed by atoms with E-state index in [1.165, 1.54) is 12.1 Å². The molecule has 0 heterocycles. The molecule has 2 rings (SSSR count). The molecule has 26 heavy (non-hydrogen) atoms. The number of carbonyl (C=O) groups is 2. The Labute approximate surface area is 155 Å². The fourth-order valence-corrected chi connectivity index (χ4v) is 2.14. The third kappa shape index (κ3) is 6.40. The van der Waals surface area contributed by atoms with E-state index in [4.69, 9.17) is 4.74 Å². The number of ether oxygens (including phenoxy) is 1. The molecule has 2 amide bonds. The summed E-state index contributed by atoms with van der Waals surface area (Å²) < 4.78 is 43.7. The van der Waals surface area contributed by atoms with Gasteiger partial charge in [0.15, 0.2) is 6.61 Å². The van der Waals surface area contributed by atoms with Crippen LogP contribution in [0.3, 0.4) is 0 Å². The molecule has 0 aromatic heterocycles. The molecule has 0 aliphatic rings. The Morgan fingerprint density at radius 1 is 1.04 bits per heavy atom. The van der Waals surface area contributed by atoms with Gasteiger partial charge in [-0.3, -0.25) is 9.59 Å². The zero-order chi connectivity index (χ0) is 19.2. The molecule has 0 spiro atoms. The van der Waals surface area contributed by atoms with Gasteiger partial charge in [-0.15, -0.1) is 0 Å². The van der Waals surface area contributed by atoms with Gasteiger partial charge in [-0.2, -0.15) is 13.2 Å². The van der Waals surface area contributed by atoms with Gasteiger partial charge in [0.25, 0.3) is 5.91 Å². The Hall–Kier alpha value is -2.55. The number of hydrogen-bond donors (Lipinski definition) is 2. The van der Waals surface area contributed by atoms with Gasteiger partial charge in [-0.1, -0.05) is 22.0 Å². The zero-order valence-corrected chi connectivity index (χ0v) is 14.9. The lowest BCUT2D eigenvalue weighted by molar-refractivity contribution is -0.137. The molecule has 0 saturated carbocycles. The van der Waals surface area contributed by atoms with Crippen molar-refractivity contribution in [1.82, 2.24) is 5.32 Å². The second kappa shape index (κ2) is 8.70. The first-order chi connectivity index (χ1) is 12.2. The van der Waals surface area contributed by atoms with Crippen molar-refractivity contribution in [2.75, 3.05) is 18.5 Å². The topological polar surface area (TPSA) is 67.4 Å². The van der Waals surface area contributed by atoms with E-state index in [0.717, 1.165) is 16.6 Å². The number of rotatable bonds is 6. The van der Waals surface area contributed by atoms with Crippen molar-refractivity contribution in [3.05, 3.63) is 58.6 Å². The minimum Gasteiger partial charge on any atom is -0.484 e. The van der Waals surface area contributed by atoms with E-state index in [0.29, 0.717) is 5.69 Å². The first-order valence-electron chi connectivity index (χ1n) is 7.36. The molecular weight excluding hydrogens is 417 g/mol. The third-order valence-electron chi connectivity index (χ3n) is 3.11. The fourth-order valence-electron chi connectivity index (χ4n) is 1.88.